The summed E-state index contributed by atoms with van der Waals surface area (Å²) in [4.78, 5) is 29.1. The van der Waals surface area contributed by atoms with Crippen LogP contribution in [0.1, 0.15) is 32.3 Å². The summed E-state index contributed by atoms with van der Waals surface area (Å²) in [6.45, 7) is 9.23. The first kappa shape index (κ1) is 22.9. The van der Waals surface area contributed by atoms with Gasteiger partial charge in [0.2, 0.25) is 11.8 Å². The van der Waals surface area contributed by atoms with Crippen molar-refractivity contribution in [3.63, 3.8) is 0 Å². The zero-order chi connectivity index (χ0) is 22.4. The zero-order valence-corrected chi connectivity index (χ0v) is 18.4. The van der Waals surface area contributed by atoms with Crippen molar-refractivity contribution in [2.24, 2.45) is 0 Å². The Kier molecular flexibility index (Phi) is 7.76. The first-order valence-corrected chi connectivity index (χ1v) is 10.7. The number of rotatable bonds is 7. The van der Waals surface area contributed by atoms with Crippen LogP contribution in [-0.4, -0.2) is 60.4 Å². The Labute approximate surface area is 183 Å². The van der Waals surface area contributed by atoms with Gasteiger partial charge in [-0.05, 0) is 48.7 Å². The summed E-state index contributed by atoms with van der Waals surface area (Å²) in [5.41, 5.74) is 2.49. The fourth-order valence-corrected chi connectivity index (χ4v) is 3.64. The highest BCUT2D eigenvalue weighted by atomic mass is 19.1. The van der Waals surface area contributed by atoms with Gasteiger partial charge >= 0.3 is 0 Å². The van der Waals surface area contributed by atoms with Crippen molar-refractivity contribution in [1.82, 2.24) is 9.80 Å². The monoisotopic (exact) mass is 426 g/mol. The van der Waals surface area contributed by atoms with E-state index in [0.717, 1.165) is 5.69 Å². The van der Waals surface area contributed by atoms with Gasteiger partial charge in [-0.15, -0.1) is 0 Å². The van der Waals surface area contributed by atoms with Crippen LogP contribution < -0.4 is 10.6 Å². The molecule has 166 valence electrons. The molecule has 0 bridgehead atoms. The van der Waals surface area contributed by atoms with Gasteiger partial charge in [0, 0.05) is 37.6 Å². The first-order chi connectivity index (χ1) is 14.8. The molecule has 2 N–H and O–H groups in total. The van der Waals surface area contributed by atoms with Crippen LogP contribution in [0.5, 0.6) is 0 Å². The fourth-order valence-electron chi connectivity index (χ4n) is 3.64. The Hall–Kier alpha value is -2.77. The SMILES string of the molecule is CC(C)c1ccc(NC(=O)CN2CCN(C(C)C(=O)Nc3cccc(F)c3)CC2)cc1. The van der Waals surface area contributed by atoms with Crippen molar-refractivity contribution in [1.29, 1.82) is 0 Å². The number of piperazine rings is 1. The van der Waals surface area contributed by atoms with E-state index in [1.807, 2.05) is 31.2 Å². The second-order valence-corrected chi connectivity index (χ2v) is 8.31. The third kappa shape index (κ3) is 6.60. The Morgan fingerprint density at radius 3 is 2.23 bits per heavy atom. The maximum Gasteiger partial charge on any atom is 0.241 e. The summed E-state index contributed by atoms with van der Waals surface area (Å²) in [5.74, 6) is -0.128. The summed E-state index contributed by atoms with van der Waals surface area (Å²) >= 11 is 0. The molecule has 1 heterocycles. The molecule has 0 radical (unpaired) electrons. The van der Waals surface area contributed by atoms with E-state index in [1.165, 1.54) is 17.7 Å². The molecule has 1 atom stereocenters. The molecular formula is C24H31FN4O2. The third-order valence-electron chi connectivity index (χ3n) is 5.65. The lowest BCUT2D eigenvalue weighted by Gasteiger charge is -2.37. The fraction of sp³-hybridized carbons (Fsp3) is 0.417. The van der Waals surface area contributed by atoms with Gasteiger partial charge in [-0.25, -0.2) is 4.39 Å². The molecule has 7 heteroatoms. The van der Waals surface area contributed by atoms with Crippen LogP contribution in [0.3, 0.4) is 0 Å². The number of carbonyl (C=O) groups is 2. The van der Waals surface area contributed by atoms with Crippen molar-refractivity contribution in [2.45, 2.75) is 32.7 Å². The maximum atomic E-state index is 13.3. The van der Waals surface area contributed by atoms with Crippen molar-refractivity contribution >= 4 is 23.2 Å². The number of hydrogen-bond donors (Lipinski definition) is 2. The quantitative estimate of drug-likeness (QED) is 0.711. The Morgan fingerprint density at radius 1 is 0.935 bits per heavy atom. The van der Waals surface area contributed by atoms with E-state index in [9.17, 15) is 14.0 Å². The number of hydrogen-bond acceptors (Lipinski definition) is 4. The summed E-state index contributed by atoms with van der Waals surface area (Å²) < 4.78 is 13.3. The van der Waals surface area contributed by atoms with Crippen LogP contribution in [0.4, 0.5) is 15.8 Å². The molecule has 6 nitrogen and oxygen atoms in total. The van der Waals surface area contributed by atoms with Gasteiger partial charge in [-0.2, -0.15) is 0 Å². The highest BCUT2D eigenvalue weighted by Gasteiger charge is 2.26. The number of nitrogens with zero attached hydrogens (tertiary/aromatic N) is 2. The van der Waals surface area contributed by atoms with E-state index in [2.05, 4.69) is 34.3 Å². The molecule has 1 fully saturated rings. The standard InChI is InChI=1S/C24H31FN4O2/c1-17(2)19-7-9-21(10-8-19)26-23(30)16-28-11-13-29(14-12-28)18(3)24(31)27-22-6-4-5-20(25)15-22/h4-10,15,17-18H,11-14,16H2,1-3H3,(H,26,30)(H,27,31). The normalized spacial score (nSPS) is 16.2. The molecule has 2 amide bonds. The van der Waals surface area contributed by atoms with E-state index >= 15 is 0 Å². The summed E-state index contributed by atoms with van der Waals surface area (Å²) in [5, 5.41) is 5.71. The Balaban J connectivity index is 1.43. The molecule has 0 saturated carbocycles. The number of anilines is 2. The highest BCUT2D eigenvalue weighted by molar-refractivity contribution is 5.94. The molecule has 0 aliphatic carbocycles. The number of halogens is 1. The summed E-state index contributed by atoms with van der Waals surface area (Å²) in [6, 6.07) is 13.5. The van der Waals surface area contributed by atoms with Crippen LogP contribution in [0.15, 0.2) is 48.5 Å². The van der Waals surface area contributed by atoms with Gasteiger partial charge in [-0.3, -0.25) is 19.4 Å². The smallest absolute Gasteiger partial charge is 0.241 e. The van der Waals surface area contributed by atoms with Crippen molar-refractivity contribution in [3.05, 3.63) is 59.9 Å². The molecule has 1 unspecified atom stereocenters. The lowest BCUT2D eigenvalue weighted by Crippen LogP contribution is -2.53. The number of amides is 2. The van der Waals surface area contributed by atoms with Gasteiger partial charge in [0.1, 0.15) is 5.82 Å². The predicted octanol–water partition coefficient (Wildman–Crippen LogP) is 3.53. The van der Waals surface area contributed by atoms with Gasteiger partial charge in [0.05, 0.1) is 12.6 Å². The van der Waals surface area contributed by atoms with Crippen LogP contribution in [0.2, 0.25) is 0 Å². The van der Waals surface area contributed by atoms with Crippen LogP contribution >= 0.6 is 0 Å². The number of nitrogens with one attached hydrogen (secondary N) is 2. The Morgan fingerprint density at radius 2 is 1.61 bits per heavy atom. The average Bonchev–Trinajstić information content (AvgIpc) is 2.74. The summed E-state index contributed by atoms with van der Waals surface area (Å²) in [6.07, 6.45) is 0. The molecular weight excluding hydrogens is 395 g/mol. The van der Waals surface area contributed by atoms with E-state index in [-0.39, 0.29) is 23.7 Å². The van der Waals surface area contributed by atoms with E-state index in [4.69, 9.17) is 0 Å². The van der Waals surface area contributed by atoms with Crippen LogP contribution in [0, 0.1) is 5.82 Å². The van der Waals surface area contributed by atoms with Gasteiger partial charge in [0.25, 0.3) is 0 Å². The first-order valence-electron chi connectivity index (χ1n) is 10.7. The molecule has 1 aliphatic heterocycles. The molecule has 3 rings (SSSR count). The molecule has 0 aromatic heterocycles. The molecule has 2 aromatic carbocycles. The van der Waals surface area contributed by atoms with Crippen molar-refractivity contribution in [2.75, 3.05) is 43.4 Å². The number of carbonyl (C=O) groups excluding carboxylic acids is 2. The van der Waals surface area contributed by atoms with Crippen LogP contribution in [-0.2, 0) is 9.59 Å². The zero-order valence-electron chi connectivity index (χ0n) is 18.4. The molecule has 31 heavy (non-hydrogen) atoms. The molecule has 2 aromatic rings. The maximum absolute atomic E-state index is 13.3. The largest absolute Gasteiger partial charge is 0.325 e. The number of benzene rings is 2. The average molecular weight is 427 g/mol. The highest BCUT2D eigenvalue weighted by Crippen LogP contribution is 2.17. The van der Waals surface area contributed by atoms with Crippen molar-refractivity contribution < 1.29 is 14.0 Å². The van der Waals surface area contributed by atoms with Crippen molar-refractivity contribution in [3.8, 4) is 0 Å². The van der Waals surface area contributed by atoms with Gasteiger partial charge in [-0.1, -0.05) is 32.0 Å². The minimum atomic E-state index is -0.381. The lowest BCUT2D eigenvalue weighted by molar-refractivity contribution is -0.122. The minimum absolute atomic E-state index is 0.0392. The molecule has 1 saturated heterocycles. The lowest BCUT2D eigenvalue weighted by atomic mass is 10.0. The minimum Gasteiger partial charge on any atom is -0.325 e. The molecule has 1 aliphatic rings. The second kappa shape index (κ2) is 10.5. The third-order valence-corrected chi connectivity index (χ3v) is 5.65. The van der Waals surface area contributed by atoms with Gasteiger partial charge in [0.15, 0.2) is 0 Å². The van der Waals surface area contributed by atoms with E-state index < -0.39 is 0 Å². The van der Waals surface area contributed by atoms with E-state index in [1.54, 1.807) is 12.1 Å². The van der Waals surface area contributed by atoms with Gasteiger partial charge < -0.3 is 10.6 Å². The van der Waals surface area contributed by atoms with E-state index in [0.29, 0.717) is 44.3 Å². The topological polar surface area (TPSA) is 64.7 Å². The second-order valence-electron chi connectivity index (χ2n) is 8.31. The Bertz CT molecular complexity index is 893. The molecule has 0 spiro atoms. The summed E-state index contributed by atoms with van der Waals surface area (Å²) in [7, 11) is 0. The predicted molar refractivity (Wildman–Crippen MR) is 122 cm³/mol. The van der Waals surface area contributed by atoms with Crippen LogP contribution in [0.25, 0.3) is 0 Å².